The van der Waals surface area contributed by atoms with Crippen LogP contribution in [0.25, 0.3) is 11.0 Å². The summed E-state index contributed by atoms with van der Waals surface area (Å²) < 4.78 is 2.14. The number of carboxylic acid groups (broad SMARTS) is 1. The number of rotatable bonds is 6. The van der Waals surface area contributed by atoms with Crippen molar-refractivity contribution in [3.05, 3.63) is 30.1 Å². The minimum atomic E-state index is -0.892. The minimum absolute atomic E-state index is 0.201. The zero-order valence-corrected chi connectivity index (χ0v) is 15.0. The molecule has 1 unspecified atom stereocenters. The van der Waals surface area contributed by atoms with Gasteiger partial charge in [0.1, 0.15) is 5.82 Å². The van der Waals surface area contributed by atoms with E-state index in [9.17, 15) is 9.90 Å². The fourth-order valence-corrected chi connectivity index (χ4v) is 3.03. The average Bonchev–Trinajstić information content (AvgIpc) is 2.88. The predicted molar refractivity (Wildman–Crippen MR) is 96.1 cm³/mol. The molecule has 0 radical (unpaired) electrons. The number of amides is 1. The van der Waals surface area contributed by atoms with E-state index in [0.717, 1.165) is 23.4 Å². The number of aryl methyl sites for hydroxylation is 1. The molecule has 1 aromatic heterocycles. The van der Waals surface area contributed by atoms with Gasteiger partial charge in [-0.1, -0.05) is 12.1 Å². The van der Waals surface area contributed by atoms with Gasteiger partial charge in [-0.15, -0.1) is 0 Å². The molecule has 6 nitrogen and oxygen atoms in total. The Balaban J connectivity index is 2.08. The van der Waals surface area contributed by atoms with Crippen LogP contribution in [0.1, 0.15) is 52.4 Å². The molecule has 1 heterocycles. The van der Waals surface area contributed by atoms with Crippen molar-refractivity contribution in [1.29, 1.82) is 0 Å². The van der Waals surface area contributed by atoms with Crippen LogP contribution in [0.4, 0.5) is 4.79 Å². The van der Waals surface area contributed by atoms with Gasteiger partial charge in [0.15, 0.2) is 0 Å². The molecular formula is C18H28N4O2. The minimum Gasteiger partial charge on any atom is -0.465 e. The molecule has 0 bridgehead atoms. The molecule has 1 aromatic carbocycles. The van der Waals surface area contributed by atoms with Crippen molar-refractivity contribution in [3.63, 3.8) is 0 Å². The molecule has 1 amide bonds. The number of nitrogens with zero attached hydrogens (tertiary/aromatic N) is 3. The molecule has 0 aliphatic carbocycles. The van der Waals surface area contributed by atoms with Crippen molar-refractivity contribution in [3.8, 4) is 0 Å². The maximum absolute atomic E-state index is 11.4. The predicted octanol–water partition coefficient (Wildman–Crippen LogP) is 3.61. The van der Waals surface area contributed by atoms with Crippen molar-refractivity contribution in [2.24, 2.45) is 5.73 Å². The van der Waals surface area contributed by atoms with Gasteiger partial charge >= 0.3 is 6.09 Å². The topological polar surface area (TPSA) is 84.4 Å². The number of benzene rings is 1. The number of carbonyl (C=O) groups is 1. The molecule has 1 atom stereocenters. The number of para-hydroxylation sites is 2. The third-order valence-corrected chi connectivity index (χ3v) is 4.27. The lowest BCUT2D eigenvalue weighted by Crippen LogP contribution is -2.45. The van der Waals surface area contributed by atoms with Crippen LogP contribution in [0.5, 0.6) is 0 Å². The van der Waals surface area contributed by atoms with E-state index < -0.39 is 11.6 Å². The van der Waals surface area contributed by atoms with Crippen molar-refractivity contribution < 1.29 is 9.90 Å². The highest BCUT2D eigenvalue weighted by Gasteiger charge is 2.26. The Hall–Kier alpha value is -2.08. The maximum atomic E-state index is 11.4. The Morgan fingerprint density at radius 3 is 2.62 bits per heavy atom. The van der Waals surface area contributed by atoms with Crippen LogP contribution < -0.4 is 5.73 Å². The van der Waals surface area contributed by atoms with Gasteiger partial charge in [0.25, 0.3) is 0 Å². The van der Waals surface area contributed by atoms with Gasteiger partial charge in [-0.2, -0.15) is 0 Å². The fraction of sp³-hybridized carbons (Fsp3) is 0.556. The van der Waals surface area contributed by atoms with E-state index in [-0.39, 0.29) is 6.04 Å². The Kier molecular flexibility index (Phi) is 5.49. The smallest absolute Gasteiger partial charge is 0.407 e. The summed E-state index contributed by atoms with van der Waals surface area (Å²) in [5, 5.41) is 9.35. The molecule has 132 valence electrons. The Morgan fingerprint density at radius 2 is 2.04 bits per heavy atom. The van der Waals surface area contributed by atoms with Gasteiger partial charge in [-0.3, -0.25) is 0 Å². The second kappa shape index (κ2) is 7.21. The summed E-state index contributed by atoms with van der Waals surface area (Å²) in [6.45, 7) is 9.06. The van der Waals surface area contributed by atoms with E-state index in [4.69, 9.17) is 5.73 Å². The van der Waals surface area contributed by atoms with E-state index in [1.807, 2.05) is 45.0 Å². The van der Waals surface area contributed by atoms with E-state index >= 15 is 0 Å². The summed E-state index contributed by atoms with van der Waals surface area (Å²) in [7, 11) is 0. The van der Waals surface area contributed by atoms with Gasteiger partial charge < -0.3 is 20.3 Å². The van der Waals surface area contributed by atoms with Crippen LogP contribution in [0.3, 0.4) is 0 Å². The first-order chi connectivity index (χ1) is 11.3. The summed E-state index contributed by atoms with van der Waals surface area (Å²) in [6.07, 6.45) is 0.512. The molecule has 0 saturated heterocycles. The molecule has 6 heteroatoms. The molecule has 0 fully saturated rings. The van der Waals surface area contributed by atoms with Gasteiger partial charge in [0.05, 0.1) is 17.1 Å². The molecule has 24 heavy (non-hydrogen) atoms. The largest absolute Gasteiger partial charge is 0.465 e. The Morgan fingerprint density at radius 1 is 1.38 bits per heavy atom. The summed E-state index contributed by atoms with van der Waals surface area (Å²) in [5.74, 6) is 0.872. The number of aromatic nitrogens is 2. The van der Waals surface area contributed by atoms with Crippen LogP contribution in [-0.4, -0.2) is 37.7 Å². The van der Waals surface area contributed by atoms with Crippen molar-refractivity contribution in [1.82, 2.24) is 14.5 Å². The third-order valence-electron chi connectivity index (χ3n) is 4.27. The summed E-state index contributed by atoms with van der Waals surface area (Å²) in [4.78, 5) is 17.5. The number of nitrogens with two attached hydrogens (primary N) is 1. The molecule has 0 aliphatic rings. The van der Waals surface area contributed by atoms with Crippen LogP contribution >= 0.6 is 0 Å². The number of imidazole rings is 1. The van der Waals surface area contributed by atoms with Crippen molar-refractivity contribution in [2.75, 3.05) is 6.54 Å². The summed E-state index contributed by atoms with van der Waals surface area (Å²) in [6, 6.07) is 7.81. The van der Waals surface area contributed by atoms with Crippen molar-refractivity contribution >= 4 is 17.1 Å². The summed E-state index contributed by atoms with van der Waals surface area (Å²) in [5.41, 5.74) is 7.99. The molecule has 2 aromatic rings. The highest BCUT2D eigenvalue weighted by atomic mass is 16.4. The zero-order chi connectivity index (χ0) is 17.9. The van der Waals surface area contributed by atoms with Gasteiger partial charge in [0.2, 0.25) is 0 Å². The van der Waals surface area contributed by atoms with Crippen LogP contribution in [-0.2, 0) is 6.54 Å². The quantitative estimate of drug-likeness (QED) is 0.846. The summed E-state index contributed by atoms with van der Waals surface area (Å²) >= 11 is 0. The maximum Gasteiger partial charge on any atom is 0.407 e. The van der Waals surface area contributed by atoms with Gasteiger partial charge in [0, 0.05) is 18.6 Å². The lowest BCUT2D eigenvalue weighted by Gasteiger charge is -2.33. The Labute approximate surface area is 143 Å². The molecule has 2 rings (SSSR count). The zero-order valence-electron chi connectivity index (χ0n) is 15.0. The van der Waals surface area contributed by atoms with E-state index in [2.05, 4.69) is 16.5 Å². The molecule has 3 N–H and O–H groups in total. The number of hydrogen-bond donors (Lipinski definition) is 2. The Bertz CT molecular complexity index is 703. The lowest BCUT2D eigenvalue weighted by molar-refractivity contribution is 0.0986. The average molecular weight is 332 g/mol. The van der Waals surface area contributed by atoms with E-state index in [0.29, 0.717) is 19.4 Å². The second-order valence-corrected chi connectivity index (χ2v) is 7.06. The normalized spacial score (nSPS) is 13.2. The number of hydrogen-bond acceptors (Lipinski definition) is 3. The van der Waals surface area contributed by atoms with E-state index in [1.165, 1.54) is 4.90 Å². The standard InChI is InChI=1S/C18H28N4O2/c1-5-21-15-11-7-6-10-14(15)20-16(21)13(19)9-8-12-22(17(23)24)18(2,3)4/h6-7,10-11,13H,5,8-9,12,19H2,1-4H3,(H,23,24). The molecule has 0 spiro atoms. The third kappa shape index (κ3) is 3.87. The number of fused-ring (bicyclic) bond motifs is 1. The van der Waals surface area contributed by atoms with Crippen LogP contribution in [0.15, 0.2) is 24.3 Å². The highest BCUT2D eigenvalue weighted by molar-refractivity contribution is 5.76. The molecular weight excluding hydrogens is 304 g/mol. The van der Waals surface area contributed by atoms with Gasteiger partial charge in [-0.05, 0) is 52.7 Å². The second-order valence-electron chi connectivity index (χ2n) is 7.06. The van der Waals surface area contributed by atoms with Gasteiger partial charge in [-0.25, -0.2) is 9.78 Å². The first kappa shape index (κ1) is 18.3. The molecule has 0 aliphatic heterocycles. The first-order valence-corrected chi connectivity index (χ1v) is 8.47. The fourth-order valence-electron chi connectivity index (χ4n) is 3.03. The van der Waals surface area contributed by atoms with E-state index in [1.54, 1.807) is 0 Å². The lowest BCUT2D eigenvalue weighted by atomic mass is 10.1. The monoisotopic (exact) mass is 332 g/mol. The first-order valence-electron chi connectivity index (χ1n) is 8.47. The SMILES string of the molecule is CCn1c(C(N)CCCN(C(=O)O)C(C)(C)C)nc2ccccc21. The van der Waals surface area contributed by atoms with Crippen LogP contribution in [0.2, 0.25) is 0 Å². The highest BCUT2D eigenvalue weighted by Crippen LogP contribution is 2.23. The van der Waals surface area contributed by atoms with Crippen molar-refractivity contribution in [2.45, 2.75) is 58.7 Å². The van der Waals surface area contributed by atoms with Crippen LogP contribution in [0, 0.1) is 0 Å². The molecule has 0 saturated carbocycles.